The van der Waals surface area contributed by atoms with Gasteiger partial charge in [-0.2, -0.15) is 0 Å². The number of aromatic nitrogens is 2. The van der Waals surface area contributed by atoms with Crippen LogP contribution in [0.4, 0.5) is 0 Å². The summed E-state index contributed by atoms with van der Waals surface area (Å²) < 4.78 is 0. The lowest BCUT2D eigenvalue weighted by molar-refractivity contribution is 0.607. The normalized spacial score (nSPS) is 12.6. The Morgan fingerprint density at radius 1 is 1.39 bits per heavy atom. The second kappa shape index (κ2) is 6.07. The summed E-state index contributed by atoms with van der Waals surface area (Å²) in [7, 11) is 0. The Labute approximate surface area is 112 Å². The molecule has 0 amide bonds. The number of hydrogen-bond donors (Lipinski definition) is 1. The highest BCUT2D eigenvalue weighted by atomic mass is 32.1. The first-order valence-corrected chi connectivity index (χ1v) is 7.04. The van der Waals surface area contributed by atoms with Crippen LogP contribution >= 0.6 is 11.3 Å². The van der Waals surface area contributed by atoms with Crippen LogP contribution in [0.25, 0.3) is 0 Å². The molecular formula is C14H19N3S. The lowest BCUT2D eigenvalue weighted by Gasteiger charge is -2.09. The molecule has 0 spiro atoms. The first-order valence-electron chi connectivity index (χ1n) is 6.22. The summed E-state index contributed by atoms with van der Waals surface area (Å²) in [5.74, 6) is 0. The third-order valence-corrected chi connectivity index (χ3v) is 4.13. The van der Waals surface area contributed by atoms with Crippen LogP contribution in [0, 0.1) is 13.8 Å². The predicted molar refractivity (Wildman–Crippen MR) is 75.8 cm³/mol. The van der Waals surface area contributed by atoms with Crippen molar-refractivity contribution in [3.8, 4) is 0 Å². The number of aryl methyl sites for hydroxylation is 3. The second-order valence-corrected chi connectivity index (χ2v) is 5.90. The van der Waals surface area contributed by atoms with Crippen LogP contribution < -0.4 is 5.73 Å². The Morgan fingerprint density at radius 2 is 2.22 bits per heavy atom. The van der Waals surface area contributed by atoms with Crippen molar-refractivity contribution in [1.29, 1.82) is 0 Å². The zero-order valence-corrected chi connectivity index (χ0v) is 11.7. The first-order chi connectivity index (χ1) is 8.65. The fourth-order valence-electron chi connectivity index (χ4n) is 1.85. The largest absolute Gasteiger partial charge is 0.327 e. The Balaban J connectivity index is 1.84. The molecule has 18 heavy (non-hydrogen) atoms. The van der Waals surface area contributed by atoms with Crippen LogP contribution in [0.5, 0.6) is 0 Å². The van der Waals surface area contributed by atoms with Crippen LogP contribution in [-0.2, 0) is 12.8 Å². The maximum absolute atomic E-state index is 6.16. The standard InChI is InChI=1S/C14H19N3S/c1-10-11(2)18-14(17-10)8-13(15)6-5-12-4-3-7-16-9-12/h3-4,7,9,13H,5-6,8,15H2,1-2H3. The van der Waals surface area contributed by atoms with Gasteiger partial charge in [0.1, 0.15) is 0 Å². The van der Waals surface area contributed by atoms with Gasteiger partial charge < -0.3 is 5.73 Å². The molecule has 2 rings (SSSR count). The highest BCUT2D eigenvalue weighted by Gasteiger charge is 2.09. The van der Waals surface area contributed by atoms with E-state index >= 15 is 0 Å². The summed E-state index contributed by atoms with van der Waals surface area (Å²) in [5.41, 5.74) is 8.54. The smallest absolute Gasteiger partial charge is 0.0946 e. The van der Waals surface area contributed by atoms with Gasteiger partial charge in [0.05, 0.1) is 10.7 Å². The Kier molecular flexibility index (Phi) is 4.44. The van der Waals surface area contributed by atoms with Crippen molar-refractivity contribution in [2.24, 2.45) is 5.73 Å². The number of hydrogen-bond acceptors (Lipinski definition) is 4. The van der Waals surface area contributed by atoms with E-state index in [1.807, 2.05) is 12.3 Å². The number of rotatable bonds is 5. The van der Waals surface area contributed by atoms with Crippen molar-refractivity contribution in [2.45, 2.75) is 39.2 Å². The zero-order chi connectivity index (χ0) is 13.0. The number of pyridine rings is 1. The van der Waals surface area contributed by atoms with Crippen molar-refractivity contribution in [3.63, 3.8) is 0 Å². The fourth-order valence-corrected chi connectivity index (χ4v) is 2.88. The van der Waals surface area contributed by atoms with Gasteiger partial charge >= 0.3 is 0 Å². The van der Waals surface area contributed by atoms with Crippen LogP contribution in [-0.4, -0.2) is 16.0 Å². The van der Waals surface area contributed by atoms with Gasteiger partial charge in [0.15, 0.2) is 0 Å². The van der Waals surface area contributed by atoms with Gasteiger partial charge in [-0.1, -0.05) is 6.07 Å². The van der Waals surface area contributed by atoms with E-state index in [-0.39, 0.29) is 6.04 Å². The van der Waals surface area contributed by atoms with Crippen molar-refractivity contribution >= 4 is 11.3 Å². The monoisotopic (exact) mass is 261 g/mol. The Hall–Kier alpha value is -1.26. The maximum atomic E-state index is 6.16. The molecule has 2 aromatic heterocycles. The van der Waals surface area contributed by atoms with E-state index in [4.69, 9.17) is 5.73 Å². The lowest BCUT2D eigenvalue weighted by atomic mass is 10.1. The van der Waals surface area contributed by atoms with Gasteiger partial charge in [-0.25, -0.2) is 4.98 Å². The van der Waals surface area contributed by atoms with Crippen LogP contribution in [0.1, 0.15) is 27.6 Å². The van der Waals surface area contributed by atoms with Crippen molar-refractivity contribution in [3.05, 3.63) is 45.7 Å². The summed E-state index contributed by atoms with van der Waals surface area (Å²) in [4.78, 5) is 9.94. The van der Waals surface area contributed by atoms with Crippen LogP contribution in [0.15, 0.2) is 24.5 Å². The second-order valence-electron chi connectivity index (χ2n) is 4.61. The van der Waals surface area contributed by atoms with E-state index in [1.54, 1.807) is 17.5 Å². The summed E-state index contributed by atoms with van der Waals surface area (Å²) in [6, 6.07) is 4.24. The van der Waals surface area contributed by atoms with Crippen LogP contribution in [0.3, 0.4) is 0 Å². The molecule has 0 aliphatic heterocycles. The van der Waals surface area contributed by atoms with Crippen molar-refractivity contribution in [2.75, 3.05) is 0 Å². The summed E-state index contributed by atoms with van der Waals surface area (Å²) in [6.45, 7) is 4.16. The topological polar surface area (TPSA) is 51.8 Å². The molecule has 2 heterocycles. The molecule has 0 bridgehead atoms. The van der Waals surface area contributed by atoms with Gasteiger partial charge in [0, 0.05) is 29.7 Å². The summed E-state index contributed by atoms with van der Waals surface area (Å²) in [5, 5.41) is 1.16. The number of nitrogens with two attached hydrogens (primary N) is 1. The minimum absolute atomic E-state index is 0.176. The van der Waals surface area contributed by atoms with E-state index < -0.39 is 0 Å². The average Bonchev–Trinajstić information content (AvgIpc) is 2.67. The van der Waals surface area contributed by atoms with Gasteiger partial charge in [-0.15, -0.1) is 11.3 Å². The van der Waals surface area contributed by atoms with Gasteiger partial charge in [-0.05, 0) is 38.3 Å². The van der Waals surface area contributed by atoms with Gasteiger partial charge in [-0.3, -0.25) is 4.98 Å². The Morgan fingerprint density at radius 3 is 2.83 bits per heavy atom. The molecule has 0 aromatic carbocycles. The molecule has 96 valence electrons. The highest BCUT2D eigenvalue weighted by molar-refractivity contribution is 7.11. The van der Waals surface area contributed by atoms with E-state index in [1.165, 1.54) is 10.4 Å². The highest BCUT2D eigenvalue weighted by Crippen LogP contribution is 2.18. The fraction of sp³-hybridized carbons (Fsp3) is 0.429. The molecule has 0 saturated heterocycles. The molecule has 3 nitrogen and oxygen atoms in total. The minimum Gasteiger partial charge on any atom is -0.327 e. The van der Waals surface area contributed by atoms with Crippen molar-refractivity contribution < 1.29 is 0 Å². The minimum atomic E-state index is 0.176. The predicted octanol–water partition coefficient (Wildman–Crippen LogP) is 2.66. The third kappa shape index (κ3) is 3.62. The summed E-state index contributed by atoms with van der Waals surface area (Å²) >= 11 is 1.76. The van der Waals surface area contributed by atoms with E-state index in [0.29, 0.717) is 0 Å². The lowest BCUT2D eigenvalue weighted by Crippen LogP contribution is -2.23. The summed E-state index contributed by atoms with van der Waals surface area (Å²) in [6.07, 6.45) is 6.54. The third-order valence-electron chi connectivity index (χ3n) is 3.04. The average molecular weight is 261 g/mol. The number of nitrogens with zero attached hydrogens (tertiary/aromatic N) is 2. The molecule has 0 aliphatic rings. The molecule has 0 radical (unpaired) electrons. The first kappa shape index (κ1) is 13.2. The van der Waals surface area contributed by atoms with Crippen LogP contribution in [0.2, 0.25) is 0 Å². The molecule has 4 heteroatoms. The SMILES string of the molecule is Cc1nc(CC(N)CCc2cccnc2)sc1C. The molecule has 1 atom stereocenters. The molecule has 0 saturated carbocycles. The van der Waals surface area contributed by atoms with Gasteiger partial charge in [0.25, 0.3) is 0 Å². The quantitative estimate of drug-likeness (QED) is 0.900. The Bertz CT molecular complexity index is 473. The zero-order valence-electron chi connectivity index (χ0n) is 10.9. The number of thiazole rings is 1. The van der Waals surface area contributed by atoms with E-state index in [0.717, 1.165) is 30.0 Å². The van der Waals surface area contributed by atoms with E-state index in [2.05, 4.69) is 29.9 Å². The molecule has 2 aromatic rings. The molecular weight excluding hydrogens is 242 g/mol. The molecule has 0 aliphatic carbocycles. The molecule has 0 fully saturated rings. The van der Waals surface area contributed by atoms with Gasteiger partial charge in [0.2, 0.25) is 0 Å². The molecule has 1 unspecified atom stereocenters. The molecule has 2 N–H and O–H groups in total. The van der Waals surface area contributed by atoms with E-state index in [9.17, 15) is 0 Å². The maximum Gasteiger partial charge on any atom is 0.0946 e. The van der Waals surface area contributed by atoms with Crippen molar-refractivity contribution in [1.82, 2.24) is 9.97 Å².